The summed E-state index contributed by atoms with van der Waals surface area (Å²) in [5, 5.41) is 3.16. The van der Waals surface area contributed by atoms with Crippen molar-refractivity contribution in [1.29, 1.82) is 0 Å². The standard InChI is InChI=1S/C9H13N3OS/c13-14(6-8-4-10-5-8)7-9-11-2-1-3-12-9/h1-3,8,10H,4-7H2. The second-order valence-electron chi connectivity index (χ2n) is 3.44. The Morgan fingerprint density at radius 1 is 1.43 bits per heavy atom. The number of nitrogens with zero attached hydrogens (tertiary/aromatic N) is 2. The Morgan fingerprint density at radius 2 is 2.14 bits per heavy atom. The van der Waals surface area contributed by atoms with E-state index in [9.17, 15) is 4.21 Å². The predicted molar refractivity (Wildman–Crippen MR) is 55.1 cm³/mol. The van der Waals surface area contributed by atoms with Crippen LogP contribution in [0.25, 0.3) is 0 Å². The van der Waals surface area contributed by atoms with E-state index in [1.54, 1.807) is 18.5 Å². The maximum atomic E-state index is 11.6. The second kappa shape index (κ2) is 4.61. The SMILES string of the molecule is O=S(Cc1ncccn1)CC1CNC1. The fourth-order valence-corrected chi connectivity index (χ4v) is 2.65. The number of hydrogen-bond acceptors (Lipinski definition) is 4. The van der Waals surface area contributed by atoms with Crippen LogP contribution in [0.5, 0.6) is 0 Å². The molecule has 1 aromatic heterocycles. The summed E-state index contributed by atoms with van der Waals surface area (Å²) in [6.07, 6.45) is 3.37. The van der Waals surface area contributed by atoms with Gasteiger partial charge in [0.05, 0.1) is 5.75 Å². The lowest BCUT2D eigenvalue weighted by molar-refractivity contribution is 0.382. The molecular formula is C9H13N3OS. The molecule has 1 aliphatic rings. The van der Waals surface area contributed by atoms with E-state index in [0.717, 1.165) is 18.8 Å². The van der Waals surface area contributed by atoms with E-state index >= 15 is 0 Å². The minimum Gasteiger partial charge on any atom is -0.316 e. The van der Waals surface area contributed by atoms with Crippen molar-refractivity contribution in [2.75, 3.05) is 18.8 Å². The third-order valence-electron chi connectivity index (χ3n) is 2.20. The maximum Gasteiger partial charge on any atom is 0.140 e. The van der Waals surface area contributed by atoms with Gasteiger partial charge in [-0.2, -0.15) is 0 Å². The molecule has 1 fully saturated rings. The Labute approximate surface area is 85.6 Å². The van der Waals surface area contributed by atoms with E-state index in [1.165, 1.54) is 0 Å². The van der Waals surface area contributed by atoms with Crippen molar-refractivity contribution in [3.63, 3.8) is 0 Å². The highest BCUT2D eigenvalue weighted by Crippen LogP contribution is 2.06. The first-order valence-corrected chi connectivity index (χ1v) is 6.15. The van der Waals surface area contributed by atoms with E-state index in [0.29, 0.717) is 17.5 Å². The lowest BCUT2D eigenvalue weighted by Gasteiger charge is -2.26. The fourth-order valence-electron chi connectivity index (χ4n) is 1.34. The van der Waals surface area contributed by atoms with E-state index in [4.69, 9.17) is 0 Å². The molecule has 4 nitrogen and oxygen atoms in total. The highest BCUT2D eigenvalue weighted by molar-refractivity contribution is 7.84. The van der Waals surface area contributed by atoms with Crippen LogP contribution in [0.15, 0.2) is 18.5 Å². The molecule has 2 rings (SSSR count). The molecule has 1 unspecified atom stereocenters. The molecule has 0 aliphatic carbocycles. The molecule has 1 aliphatic heterocycles. The Morgan fingerprint density at radius 3 is 2.71 bits per heavy atom. The zero-order valence-corrected chi connectivity index (χ0v) is 8.67. The van der Waals surface area contributed by atoms with E-state index in [-0.39, 0.29) is 0 Å². The highest BCUT2D eigenvalue weighted by atomic mass is 32.2. The summed E-state index contributed by atoms with van der Waals surface area (Å²) in [4.78, 5) is 8.10. The molecule has 5 heteroatoms. The van der Waals surface area contributed by atoms with Gasteiger partial charge in [0.15, 0.2) is 0 Å². The minimum atomic E-state index is -0.815. The van der Waals surface area contributed by atoms with Gasteiger partial charge in [-0.1, -0.05) is 0 Å². The van der Waals surface area contributed by atoms with Crippen molar-refractivity contribution >= 4 is 10.8 Å². The summed E-state index contributed by atoms with van der Waals surface area (Å²) in [5.74, 6) is 2.51. The Balaban J connectivity index is 1.82. The van der Waals surface area contributed by atoms with Crippen LogP contribution < -0.4 is 5.32 Å². The van der Waals surface area contributed by atoms with Crippen molar-refractivity contribution in [3.05, 3.63) is 24.3 Å². The second-order valence-corrected chi connectivity index (χ2v) is 4.94. The van der Waals surface area contributed by atoms with Crippen LogP contribution in [0.3, 0.4) is 0 Å². The quantitative estimate of drug-likeness (QED) is 0.758. The zero-order valence-electron chi connectivity index (χ0n) is 7.85. The van der Waals surface area contributed by atoms with Crippen LogP contribution in [0.4, 0.5) is 0 Å². The van der Waals surface area contributed by atoms with E-state index in [2.05, 4.69) is 15.3 Å². The van der Waals surface area contributed by atoms with Crippen LogP contribution >= 0.6 is 0 Å². The number of hydrogen-bond donors (Lipinski definition) is 1. The molecule has 0 bridgehead atoms. The summed E-state index contributed by atoms with van der Waals surface area (Å²) in [6.45, 7) is 2.00. The van der Waals surface area contributed by atoms with Crippen LogP contribution in [-0.2, 0) is 16.6 Å². The van der Waals surface area contributed by atoms with Gasteiger partial charge >= 0.3 is 0 Å². The van der Waals surface area contributed by atoms with Crippen LogP contribution in [-0.4, -0.2) is 33.0 Å². The van der Waals surface area contributed by atoms with Crippen molar-refractivity contribution in [2.24, 2.45) is 5.92 Å². The molecule has 0 aromatic carbocycles. The van der Waals surface area contributed by atoms with Gasteiger partial charge < -0.3 is 5.32 Å². The van der Waals surface area contributed by atoms with Gasteiger partial charge in [-0.3, -0.25) is 4.21 Å². The third kappa shape index (κ3) is 2.59. The summed E-state index contributed by atoms with van der Waals surface area (Å²) in [5.41, 5.74) is 0. The number of nitrogens with one attached hydrogen (secondary N) is 1. The molecule has 14 heavy (non-hydrogen) atoms. The van der Waals surface area contributed by atoms with E-state index in [1.807, 2.05) is 0 Å². The van der Waals surface area contributed by atoms with Crippen LogP contribution in [0.1, 0.15) is 5.82 Å². The minimum absolute atomic E-state index is 0.483. The molecule has 1 N–H and O–H groups in total. The van der Waals surface area contributed by atoms with Gasteiger partial charge in [0.1, 0.15) is 5.82 Å². The average molecular weight is 211 g/mol. The molecule has 0 saturated carbocycles. The first-order valence-electron chi connectivity index (χ1n) is 4.66. The zero-order chi connectivity index (χ0) is 9.80. The monoisotopic (exact) mass is 211 g/mol. The Hall–Kier alpha value is -0.810. The Bertz CT molecular complexity index is 313. The van der Waals surface area contributed by atoms with Crippen molar-refractivity contribution < 1.29 is 4.21 Å². The molecule has 0 amide bonds. The van der Waals surface area contributed by atoms with Gasteiger partial charge in [0.25, 0.3) is 0 Å². The molecule has 0 spiro atoms. The average Bonchev–Trinajstić information content (AvgIpc) is 2.13. The van der Waals surface area contributed by atoms with E-state index < -0.39 is 10.8 Å². The maximum absolute atomic E-state index is 11.6. The molecule has 1 saturated heterocycles. The number of rotatable bonds is 4. The van der Waals surface area contributed by atoms with Gasteiger partial charge in [-0.15, -0.1) is 0 Å². The molecule has 2 heterocycles. The van der Waals surface area contributed by atoms with Crippen molar-refractivity contribution in [3.8, 4) is 0 Å². The van der Waals surface area contributed by atoms with Gasteiger partial charge in [-0.25, -0.2) is 9.97 Å². The largest absolute Gasteiger partial charge is 0.316 e. The van der Waals surface area contributed by atoms with Gasteiger partial charge in [0.2, 0.25) is 0 Å². The molecule has 76 valence electrons. The Kier molecular flexibility index (Phi) is 3.21. The summed E-state index contributed by atoms with van der Waals surface area (Å²) in [7, 11) is -0.815. The first kappa shape index (κ1) is 9.73. The van der Waals surface area contributed by atoms with Crippen molar-refractivity contribution in [2.45, 2.75) is 5.75 Å². The van der Waals surface area contributed by atoms with Crippen molar-refractivity contribution in [1.82, 2.24) is 15.3 Å². The van der Waals surface area contributed by atoms with Gasteiger partial charge in [0, 0.05) is 42.0 Å². The highest BCUT2D eigenvalue weighted by Gasteiger charge is 2.19. The smallest absolute Gasteiger partial charge is 0.140 e. The van der Waals surface area contributed by atoms with Crippen LogP contribution in [0, 0.1) is 5.92 Å². The molecule has 1 aromatic rings. The first-order chi connectivity index (χ1) is 6.84. The molecule has 0 radical (unpaired) electrons. The summed E-state index contributed by atoms with van der Waals surface area (Å²) in [6, 6.07) is 1.77. The lowest BCUT2D eigenvalue weighted by atomic mass is 10.1. The summed E-state index contributed by atoms with van der Waals surface area (Å²) < 4.78 is 11.6. The third-order valence-corrected chi connectivity index (χ3v) is 3.62. The molecule has 1 atom stereocenters. The fraction of sp³-hybridized carbons (Fsp3) is 0.556. The van der Waals surface area contributed by atoms with Crippen LogP contribution in [0.2, 0.25) is 0 Å². The number of aromatic nitrogens is 2. The summed E-state index contributed by atoms with van der Waals surface area (Å²) >= 11 is 0. The topological polar surface area (TPSA) is 54.9 Å². The predicted octanol–water partition coefficient (Wildman–Crippen LogP) is -0.0553. The molecular weight excluding hydrogens is 198 g/mol. The lowest BCUT2D eigenvalue weighted by Crippen LogP contribution is -2.44. The van der Waals surface area contributed by atoms with Gasteiger partial charge in [-0.05, 0) is 12.0 Å². The normalized spacial score (nSPS) is 18.9.